The number of methoxy groups -OCH3 is 1. The van der Waals surface area contributed by atoms with Crippen LogP contribution in [-0.2, 0) is 15.1 Å². The van der Waals surface area contributed by atoms with Gasteiger partial charge in [0.15, 0.2) is 11.3 Å². The number of thiophene rings is 1. The number of halogens is 1. The summed E-state index contributed by atoms with van der Waals surface area (Å²) in [6.07, 6.45) is 0. The molecule has 0 saturated carbocycles. The average molecular weight is 482 g/mol. The summed E-state index contributed by atoms with van der Waals surface area (Å²) in [6.45, 7) is 7.69. The first-order chi connectivity index (χ1) is 13.6. The molecule has 2 aromatic heterocycles. The minimum absolute atomic E-state index is 0.0684. The largest absolute Gasteiger partial charge is 0.383 e. The number of ketones is 1. The van der Waals surface area contributed by atoms with E-state index >= 15 is 0 Å². The average Bonchev–Trinajstić information content (AvgIpc) is 3.27. The van der Waals surface area contributed by atoms with Crippen molar-refractivity contribution in [1.29, 1.82) is 0 Å². The SMILES string of the molecule is COCC(C)n1c(C)cc(C(=O)CN2C(=O)NC(C)(c3ccc(Br)s3)C2=O)c1C. The summed E-state index contributed by atoms with van der Waals surface area (Å²) in [5, 5.41) is 2.74. The fourth-order valence-corrected chi connectivity index (χ4v) is 5.35. The van der Waals surface area contributed by atoms with Crippen LogP contribution < -0.4 is 5.32 Å². The number of carbonyl (C=O) groups excluding carboxylic acids is 3. The minimum atomic E-state index is -1.17. The van der Waals surface area contributed by atoms with E-state index in [1.807, 2.05) is 31.4 Å². The Morgan fingerprint density at radius 1 is 1.34 bits per heavy atom. The number of amides is 3. The second-order valence-electron chi connectivity index (χ2n) is 7.43. The highest BCUT2D eigenvalue weighted by molar-refractivity contribution is 9.11. The van der Waals surface area contributed by atoms with Gasteiger partial charge < -0.3 is 14.6 Å². The van der Waals surface area contributed by atoms with Crippen LogP contribution in [0.3, 0.4) is 0 Å². The molecule has 2 unspecified atom stereocenters. The van der Waals surface area contributed by atoms with E-state index in [0.717, 1.165) is 20.1 Å². The maximum Gasteiger partial charge on any atom is 0.325 e. The number of carbonyl (C=O) groups is 3. The van der Waals surface area contributed by atoms with Crippen molar-refractivity contribution in [2.45, 2.75) is 39.3 Å². The first kappa shape index (κ1) is 21.7. The number of nitrogens with one attached hydrogen (secondary N) is 1. The van der Waals surface area contributed by atoms with Crippen LogP contribution >= 0.6 is 27.3 Å². The monoisotopic (exact) mass is 481 g/mol. The maximum atomic E-state index is 13.0. The third-order valence-corrected chi connectivity index (χ3v) is 7.12. The third kappa shape index (κ3) is 3.78. The molecular weight excluding hydrogens is 458 g/mol. The molecule has 3 heterocycles. The van der Waals surface area contributed by atoms with E-state index in [4.69, 9.17) is 4.74 Å². The van der Waals surface area contributed by atoms with Crippen molar-refractivity contribution in [3.05, 3.63) is 43.8 Å². The highest BCUT2D eigenvalue weighted by Crippen LogP contribution is 2.35. The number of aryl methyl sites for hydroxylation is 1. The minimum Gasteiger partial charge on any atom is -0.383 e. The molecule has 156 valence electrons. The van der Waals surface area contributed by atoms with Crippen molar-refractivity contribution >= 4 is 45.0 Å². The topological polar surface area (TPSA) is 80.6 Å². The van der Waals surface area contributed by atoms with Crippen LogP contribution in [0, 0.1) is 13.8 Å². The Balaban J connectivity index is 1.84. The summed E-state index contributed by atoms with van der Waals surface area (Å²) in [7, 11) is 1.64. The lowest BCUT2D eigenvalue weighted by Gasteiger charge is -2.20. The normalized spacial score (nSPS) is 20.3. The summed E-state index contributed by atoms with van der Waals surface area (Å²) in [5.74, 6) is -0.694. The van der Waals surface area contributed by atoms with E-state index in [9.17, 15) is 14.4 Å². The first-order valence-corrected chi connectivity index (χ1v) is 10.8. The number of imide groups is 1. The number of nitrogens with zero attached hydrogens (tertiary/aromatic N) is 2. The molecule has 2 aromatic rings. The lowest BCUT2D eigenvalue weighted by atomic mass is 10.0. The Bertz CT molecular complexity index is 983. The molecule has 1 aliphatic rings. The van der Waals surface area contributed by atoms with E-state index < -0.39 is 17.5 Å². The zero-order chi connectivity index (χ0) is 21.5. The molecular formula is C20H24BrN3O4S. The van der Waals surface area contributed by atoms with Gasteiger partial charge >= 0.3 is 6.03 Å². The Morgan fingerprint density at radius 3 is 2.62 bits per heavy atom. The van der Waals surface area contributed by atoms with Crippen LogP contribution in [0.15, 0.2) is 22.0 Å². The van der Waals surface area contributed by atoms with Gasteiger partial charge in [0.2, 0.25) is 0 Å². The van der Waals surface area contributed by atoms with Gasteiger partial charge in [0.1, 0.15) is 0 Å². The van der Waals surface area contributed by atoms with Crippen molar-refractivity contribution in [1.82, 2.24) is 14.8 Å². The lowest BCUT2D eigenvalue weighted by molar-refractivity contribution is -0.130. The Morgan fingerprint density at radius 2 is 2.03 bits per heavy atom. The maximum absolute atomic E-state index is 13.0. The number of aromatic nitrogens is 1. The smallest absolute Gasteiger partial charge is 0.325 e. The molecule has 0 spiro atoms. The Labute approximate surface area is 182 Å². The fraction of sp³-hybridized carbons (Fsp3) is 0.450. The molecule has 1 saturated heterocycles. The van der Waals surface area contributed by atoms with E-state index in [1.165, 1.54) is 11.3 Å². The number of hydrogen-bond acceptors (Lipinski definition) is 5. The second-order valence-corrected chi connectivity index (χ2v) is 9.90. The fourth-order valence-electron chi connectivity index (χ4n) is 3.87. The number of Topliss-reactive ketones (excluding diaryl/α,β-unsaturated/α-hetero) is 1. The summed E-state index contributed by atoms with van der Waals surface area (Å²) >= 11 is 4.76. The Kier molecular flexibility index (Phi) is 6.03. The molecule has 3 amide bonds. The van der Waals surface area contributed by atoms with E-state index in [0.29, 0.717) is 17.0 Å². The molecule has 1 aliphatic heterocycles. The van der Waals surface area contributed by atoms with Gasteiger partial charge in [-0.15, -0.1) is 11.3 Å². The van der Waals surface area contributed by atoms with E-state index in [-0.39, 0.29) is 18.4 Å². The molecule has 7 nitrogen and oxygen atoms in total. The van der Waals surface area contributed by atoms with E-state index in [1.54, 1.807) is 26.2 Å². The molecule has 29 heavy (non-hydrogen) atoms. The molecule has 1 N–H and O–H groups in total. The molecule has 0 bridgehead atoms. The zero-order valence-corrected chi connectivity index (χ0v) is 19.4. The van der Waals surface area contributed by atoms with Crippen molar-refractivity contribution in [2.75, 3.05) is 20.3 Å². The van der Waals surface area contributed by atoms with Gasteiger partial charge in [0.05, 0.1) is 23.0 Å². The molecule has 3 rings (SSSR count). The van der Waals surface area contributed by atoms with Crippen LogP contribution in [0.5, 0.6) is 0 Å². The van der Waals surface area contributed by atoms with Crippen LogP contribution in [0.1, 0.15) is 46.5 Å². The molecule has 0 aliphatic carbocycles. The predicted molar refractivity (Wildman–Crippen MR) is 114 cm³/mol. The summed E-state index contributed by atoms with van der Waals surface area (Å²) in [4.78, 5) is 40.2. The number of ether oxygens (including phenoxy) is 1. The van der Waals surface area contributed by atoms with Crippen LogP contribution in [0.2, 0.25) is 0 Å². The van der Waals surface area contributed by atoms with Crippen LogP contribution in [-0.4, -0.2) is 47.4 Å². The van der Waals surface area contributed by atoms with Crippen LogP contribution in [0.4, 0.5) is 4.79 Å². The molecule has 9 heteroatoms. The van der Waals surface area contributed by atoms with Gasteiger partial charge in [0, 0.05) is 28.9 Å². The predicted octanol–water partition coefficient (Wildman–Crippen LogP) is 3.79. The lowest BCUT2D eigenvalue weighted by Crippen LogP contribution is -2.40. The standard InChI is InChI=1S/C20H24BrN3O4S/c1-11-8-14(13(3)24(11)12(2)10-28-5)15(25)9-23-18(26)20(4,22-19(23)27)16-6-7-17(21)29-16/h6-8,12H,9-10H2,1-5H3,(H,22,27). The van der Waals surface area contributed by atoms with Gasteiger partial charge in [-0.05, 0) is 61.8 Å². The Hall–Kier alpha value is -1.97. The highest BCUT2D eigenvalue weighted by Gasteiger charge is 2.50. The number of rotatable bonds is 7. The first-order valence-electron chi connectivity index (χ1n) is 9.20. The van der Waals surface area contributed by atoms with Crippen molar-refractivity contribution < 1.29 is 19.1 Å². The van der Waals surface area contributed by atoms with Gasteiger partial charge in [-0.2, -0.15) is 0 Å². The molecule has 0 radical (unpaired) electrons. The second kappa shape index (κ2) is 8.04. The highest BCUT2D eigenvalue weighted by atomic mass is 79.9. The number of hydrogen-bond donors (Lipinski definition) is 1. The molecule has 2 atom stereocenters. The molecule has 1 fully saturated rings. The van der Waals surface area contributed by atoms with Gasteiger partial charge in [-0.3, -0.25) is 14.5 Å². The third-order valence-electron chi connectivity index (χ3n) is 5.28. The van der Waals surface area contributed by atoms with Gasteiger partial charge in [-0.1, -0.05) is 0 Å². The van der Waals surface area contributed by atoms with Gasteiger partial charge in [0.25, 0.3) is 5.91 Å². The summed E-state index contributed by atoms with van der Waals surface area (Å²) in [5.41, 5.74) is 1.08. The van der Waals surface area contributed by atoms with Crippen molar-refractivity contribution in [3.8, 4) is 0 Å². The zero-order valence-electron chi connectivity index (χ0n) is 17.0. The number of urea groups is 1. The molecule has 0 aromatic carbocycles. The summed E-state index contributed by atoms with van der Waals surface area (Å²) < 4.78 is 8.13. The van der Waals surface area contributed by atoms with Crippen molar-refractivity contribution in [2.24, 2.45) is 0 Å². The van der Waals surface area contributed by atoms with Crippen molar-refractivity contribution in [3.63, 3.8) is 0 Å². The van der Waals surface area contributed by atoms with Crippen LogP contribution in [0.25, 0.3) is 0 Å². The summed E-state index contributed by atoms with van der Waals surface area (Å²) in [6, 6.07) is 4.94. The van der Waals surface area contributed by atoms with Gasteiger partial charge in [-0.25, -0.2) is 4.79 Å². The quantitative estimate of drug-likeness (QED) is 0.481. The van der Waals surface area contributed by atoms with E-state index in [2.05, 4.69) is 21.2 Å².